The van der Waals surface area contributed by atoms with Crippen molar-refractivity contribution in [3.05, 3.63) is 29.6 Å². The first-order valence-electron chi connectivity index (χ1n) is 7.40. The molecule has 0 aliphatic carbocycles. The number of halogens is 1. The Kier molecular flexibility index (Phi) is 4.98. The largest absolute Gasteiger partial charge is 0.481 e. The van der Waals surface area contributed by atoms with Crippen molar-refractivity contribution in [1.29, 1.82) is 0 Å². The lowest BCUT2D eigenvalue weighted by Crippen LogP contribution is -2.47. The van der Waals surface area contributed by atoms with Crippen LogP contribution in [0, 0.1) is 11.7 Å². The van der Waals surface area contributed by atoms with Gasteiger partial charge in [0.2, 0.25) is 5.91 Å². The van der Waals surface area contributed by atoms with Crippen LogP contribution >= 0.6 is 0 Å². The Labute approximate surface area is 133 Å². The predicted octanol–water partition coefficient (Wildman–Crippen LogP) is 2.11. The van der Waals surface area contributed by atoms with Crippen molar-refractivity contribution in [2.45, 2.75) is 32.7 Å². The topological polar surface area (TPSA) is 86.7 Å². The molecule has 23 heavy (non-hydrogen) atoms. The van der Waals surface area contributed by atoms with Crippen LogP contribution in [0.1, 0.15) is 37.0 Å². The van der Waals surface area contributed by atoms with Crippen molar-refractivity contribution < 1.29 is 23.9 Å². The molecule has 7 heteroatoms. The lowest BCUT2D eigenvalue weighted by molar-refractivity contribution is -0.143. The number of carboxylic acid groups (broad SMARTS) is 1. The van der Waals surface area contributed by atoms with E-state index < -0.39 is 23.6 Å². The van der Waals surface area contributed by atoms with Crippen molar-refractivity contribution >= 4 is 23.5 Å². The second-order valence-corrected chi connectivity index (χ2v) is 5.79. The van der Waals surface area contributed by atoms with Crippen LogP contribution in [0.2, 0.25) is 0 Å². The monoisotopic (exact) mass is 322 g/mol. The molecular weight excluding hydrogens is 303 g/mol. The highest BCUT2D eigenvalue weighted by Gasteiger charge is 2.33. The Hall–Kier alpha value is -2.44. The summed E-state index contributed by atoms with van der Waals surface area (Å²) in [7, 11) is 0. The fourth-order valence-corrected chi connectivity index (χ4v) is 2.72. The molecule has 1 aromatic carbocycles. The number of amides is 2. The van der Waals surface area contributed by atoms with E-state index in [1.54, 1.807) is 0 Å². The summed E-state index contributed by atoms with van der Waals surface area (Å²) in [5.41, 5.74) is 0.149. The van der Waals surface area contributed by atoms with Gasteiger partial charge in [-0.25, -0.2) is 4.39 Å². The van der Waals surface area contributed by atoms with E-state index in [1.807, 2.05) is 6.92 Å². The molecule has 2 atom stereocenters. The Morgan fingerprint density at radius 2 is 2.00 bits per heavy atom. The van der Waals surface area contributed by atoms with E-state index in [9.17, 15) is 18.8 Å². The van der Waals surface area contributed by atoms with E-state index >= 15 is 0 Å². The Morgan fingerprint density at radius 1 is 1.30 bits per heavy atom. The van der Waals surface area contributed by atoms with Crippen LogP contribution in [0.25, 0.3) is 0 Å². The predicted molar refractivity (Wildman–Crippen MR) is 81.6 cm³/mol. The zero-order valence-corrected chi connectivity index (χ0v) is 13.0. The number of benzene rings is 1. The van der Waals surface area contributed by atoms with Crippen LogP contribution in [-0.2, 0) is 9.59 Å². The molecule has 6 nitrogen and oxygen atoms in total. The third-order valence-corrected chi connectivity index (χ3v) is 4.01. The maximum Gasteiger partial charge on any atom is 0.308 e. The highest BCUT2D eigenvalue weighted by Crippen LogP contribution is 2.25. The standard InChI is InChI=1S/C16H19FN2O4/c1-9-3-4-11(16(22)23)8-19(9)15(21)13-7-12(18-10(2)20)5-6-14(13)17/h5-7,9,11H,3-4,8H2,1-2H3,(H,18,20)(H,22,23). The zero-order chi connectivity index (χ0) is 17.1. The number of rotatable bonds is 3. The number of likely N-dealkylation sites (tertiary alicyclic amines) is 1. The number of carbonyl (C=O) groups is 3. The number of aliphatic carboxylic acids is 1. The third-order valence-electron chi connectivity index (χ3n) is 4.01. The number of carbonyl (C=O) groups excluding carboxylic acids is 2. The first-order valence-corrected chi connectivity index (χ1v) is 7.40. The molecule has 0 radical (unpaired) electrons. The Balaban J connectivity index is 2.27. The molecule has 2 rings (SSSR count). The summed E-state index contributed by atoms with van der Waals surface area (Å²) in [6, 6.07) is 3.59. The summed E-state index contributed by atoms with van der Waals surface area (Å²) in [5, 5.41) is 11.6. The molecule has 2 N–H and O–H groups in total. The van der Waals surface area contributed by atoms with Gasteiger partial charge in [0.25, 0.3) is 5.91 Å². The van der Waals surface area contributed by atoms with Crippen molar-refractivity contribution in [3.63, 3.8) is 0 Å². The van der Waals surface area contributed by atoms with Crippen molar-refractivity contribution in [1.82, 2.24) is 4.90 Å². The van der Waals surface area contributed by atoms with E-state index in [0.717, 1.165) is 6.07 Å². The number of anilines is 1. The Morgan fingerprint density at radius 3 is 2.61 bits per heavy atom. The molecule has 2 amide bonds. The molecule has 1 aliphatic heterocycles. The SMILES string of the molecule is CC(=O)Nc1ccc(F)c(C(=O)N2CC(C(=O)O)CCC2C)c1. The van der Waals surface area contributed by atoms with Gasteiger partial charge in [-0.3, -0.25) is 14.4 Å². The number of carboxylic acids is 1. The molecule has 0 saturated carbocycles. The van der Waals surface area contributed by atoms with Crippen LogP contribution in [-0.4, -0.2) is 40.4 Å². The summed E-state index contributed by atoms with van der Waals surface area (Å²) < 4.78 is 14.0. The molecule has 1 aromatic rings. The maximum absolute atomic E-state index is 14.0. The summed E-state index contributed by atoms with van der Waals surface area (Å²) >= 11 is 0. The van der Waals surface area contributed by atoms with Gasteiger partial charge in [0.15, 0.2) is 0 Å². The summed E-state index contributed by atoms with van der Waals surface area (Å²) in [4.78, 5) is 36.2. The van der Waals surface area contributed by atoms with E-state index in [1.165, 1.54) is 24.0 Å². The molecule has 0 aromatic heterocycles. The quantitative estimate of drug-likeness (QED) is 0.892. The number of hydrogen-bond acceptors (Lipinski definition) is 3. The normalized spacial score (nSPS) is 20.9. The van der Waals surface area contributed by atoms with Crippen molar-refractivity contribution in [2.24, 2.45) is 5.92 Å². The number of nitrogens with one attached hydrogen (secondary N) is 1. The minimum Gasteiger partial charge on any atom is -0.481 e. The fraction of sp³-hybridized carbons (Fsp3) is 0.438. The number of nitrogens with zero attached hydrogens (tertiary/aromatic N) is 1. The van der Waals surface area contributed by atoms with Gasteiger partial charge < -0.3 is 15.3 Å². The fourth-order valence-electron chi connectivity index (χ4n) is 2.72. The van der Waals surface area contributed by atoms with Gasteiger partial charge in [0, 0.05) is 25.2 Å². The van der Waals surface area contributed by atoms with Gasteiger partial charge in [-0.1, -0.05) is 0 Å². The summed E-state index contributed by atoms with van der Waals surface area (Å²) in [6.45, 7) is 3.18. The van der Waals surface area contributed by atoms with Gasteiger partial charge >= 0.3 is 5.97 Å². The van der Waals surface area contributed by atoms with E-state index in [2.05, 4.69) is 5.32 Å². The first kappa shape index (κ1) is 16.9. The van der Waals surface area contributed by atoms with Crippen LogP contribution in [0.15, 0.2) is 18.2 Å². The molecule has 1 fully saturated rings. The number of piperidine rings is 1. The highest BCUT2D eigenvalue weighted by molar-refractivity contribution is 5.97. The average Bonchev–Trinajstić information content (AvgIpc) is 2.48. The second-order valence-electron chi connectivity index (χ2n) is 5.79. The summed E-state index contributed by atoms with van der Waals surface area (Å²) in [6.07, 6.45) is 1.05. The molecule has 0 spiro atoms. The molecule has 124 valence electrons. The minimum absolute atomic E-state index is 0.0547. The van der Waals surface area contributed by atoms with Crippen molar-refractivity contribution in [2.75, 3.05) is 11.9 Å². The molecule has 1 saturated heterocycles. The van der Waals surface area contributed by atoms with E-state index in [-0.39, 0.29) is 24.1 Å². The average molecular weight is 322 g/mol. The maximum atomic E-state index is 14.0. The Bertz CT molecular complexity index is 647. The molecule has 0 bridgehead atoms. The minimum atomic E-state index is -0.956. The van der Waals surface area contributed by atoms with Gasteiger partial charge in [-0.05, 0) is 38.0 Å². The van der Waals surface area contributed by atoms with Crippen LogP contribution in [0.5, 0.6) is 0 Å². The number of hydrogen-bond donors (Lipinski definition) is 2. The molecule has 2 unspecified atom stereocenters. The van der Waals surface area contributed by atoms with Gasteiger partial charge in [0.1, 0.15) is 5.82 Å². The van der Waals surface area contributed by atoms with Crippen LogP contribution in [0.3, 0.4) is 0 Å². The molecule has 1 heterocycles. The van der Waals surface area contributed by atoms with Crippen molar-refractivity contribution in [3.8, 4) is 0 Å². The third kappa shape index (κ3) is 3.85. The van der Waals surface area contributed by atoms with E-state index in [4.69, 9.17) is 5.11 Å². The first-order chi connectivity index (χ1) is 10.8. The summed E-state index contributed by atoms with van der Waals surface area (Å²) in [5.74, 6) is -3.19. The second kappa shape index (κ2) is 6.76. The molecular formula is C16H19FN2O4. The lowest BCUT2D eigenvalue weighted by atomic mass is 9.93. The van der Waals surface area contributed by atoms with Crippen LogP contribution in [0.4, 0.5) is 10.1 Å². The van der Waals surface area contributed by atoms with Gasteiger partial charge in [-0.15, -0.1) is 0 Å². The van der Waals surface area contributed by atoms with Gasteiger partial charge in [0.05, 0.1) is 11.5 Å². The smallest absolute Gasteiger partial charge is 0.308 e. The zero-order valence-electron chi connectivity index (χ0n) is 13.0. The highest BCUT2D eigenvalue weighted by atomic mass is 19.1. The lowest BCUT2D eigenvalue weighted by Gasteiger charge is -2.36. The van der Waals surface area contributed by atoms with E-state index in [0.29, 0.717) is 18.5 Å². The van der Waals surface area contributed by atoms with Crippen LogP contribution < -0.4 is 5.32 Å². The van der Waals surface area contributed by atoms with Gasteiger partial charge in [-0.2, -0.15) is 0 Å². The molecule has 1 aliphatic rings.